The first-order valence-electron chi connectivity index (χ1n) is 7.56. The molecular formula is C18H19F3O2S2. The summed E-state index contributed by atoms with van der Waals surface area (Å²) in [4.78, 5) is -0.0215. The highest BCUT2D eigenvalue weighted by molar-refractivity contribution is 8.11. The summed E-state index contributed by atoms with van der Waals surface area (Å²) < 4.78 is 48.7. The first-order valence-corrected chi connectivity index (χ1v) is 9.97. The van der Waals surface area contributed by atoms with Gasteiger partial charge in [-0.2, -0.15) is 24.4 Å². The van der Waals surface area contributed by atoms with Crippen LogP contribution in [0.3, 0.4) is 0 Å². The molecule has 7 heteroatoms. The van der Waals surface area contributed by atoms with Crippen molar-refractivity contribution < 1.29 is 22.1 Å². The molecule has 0 bridgehead atoms. The third kappa shape index (κ3) is 6.86. The van der Waals surface area contributed by atoms with Gasteiger partial charge >= 0.3 is 5.37 Å². The zero-order valence-corrected chi connectivity index (χ0v) is 15.2. The summed E-state index contributed by atoms with van der Waals surface area (Å²) in [5.41, 5.74) is 0.802. The van der Waals surface area contributed by atoms with Crippen LogP contribution in [0.5, 0.6) is 0 Å². The van der Waals surface area contributed by atoms with E-state index in [1.807, 2.05) is 36.6 Å². The van der Waals surface area contributed by atoms with E-state index in [1.54, 1.807) is 30.0 Å². The Kier molecular flexibility index (Phi) is 8.54. The van der Waals surface area contributed by atoms with Crippen molar-refractivity contribution in [2.24, 2.45) is 0 Å². The van der Waals surface area contributed by atoms with Crippen LogP contribution in [0.1, 0.15) is 5.56 Å². The van der Waals surface area contributed by atoms with Gasteiger partial charge in [-0.3, -0.25) is 0 Å². The Balaban J connectivity index is 1.80. The third-order valence-corrected chi connectivity index (χ3v) is 5.23. The summed E-state index contributed by atoms with van der Waals surface area (Å²) in [5.74, 6) is 0. The van der Waals surface area contributed by atoms with Gasteiger partial charge in [0.25, 0.3) is 0 Å². The molecule has 0 aromatic heterocycles. The largest absolute Gasteiger partial charge is 0.348 e. The maximum Gasteiger partial charge on any atom is 0.328 e. The van der Waals surface area contributed by atoms with Gasteiger partial charge in [0.2, 0.25) is 0 Å². The Labute approximate surface area is 152 Å². The van der Waals surface area contributed by atoms with Crippen LogP contribution < -0.4 is 0 Å². The molecule has 1 unspecified atom stereocenters. The van der Waals surface area contributed by atoms with Gasteiger partial charge in [-0.1, -0.05) is 42.5 Å². The highest BCUT2D eigenvalue weighted by Crippen LogP contribution is 2.30. The summed E-state index contributed by atoms with van der Waals surface area (Å²) in [6, 6.07) is 5.93. The van der Waals surface area contributed by atoms with Crippen LogP contribution in [0.4, 0.5) is 12.7 Å². The lowest BCUT2D eigenvalue weighted by Crippen LogP contribution is -2.32. The molecule has 0 radical (unpaired) electrons. The first-order chi connectivity index (χ1) is 12.1. The maximum atomic E-state index is 13.2. The second kappa shape index (κ2) is 10.7. The lowest BCUT2D eigenvalue weighted by Gasteiger charge is -2.26. The van der Waals surface area contributed by atoms with Gasteiger partial charge in [-0.25, -0.2) is 0 Å². The molecule has 0 N–H and O–H groups in total. The predicted octanol–water partition coefficient (Wildman–Crippen LogP) is 5.46. The molecule has 0 spiro atoms. The van der Waals surface area contributed by atoms with Gasteiger partial charge in [0.15, 0.2) is 6.29 Å². The fraction of sp³-hybridized carbons (Fsp3) is 0.278. The van der Waals surface area contributed by atoms with Gasteiger partial charge in [-0.15, -0.1) is 0 Å². The number of benzene rings is 1. The van der Waals surface area contributed by atoms with Gasteiger partial charge in [0.05, 0.1) is 29.3 Å². The average Bonchev–Trinajstić information content (AvgIpc) is 2.65. The fourth-order valence-electron chi connectivity index (χ4n) is 1.99. The molecule has 1 fully saturated rings. The number of rotatable bonds is 6. The zero-order chi connectivity index (χ0) is 18.1. The molecule has 0 saturated carbocycles. The fourth-order valence-corrected chi connectivity index (χ4v) is 2.97. The Morgan fingerprint density at radius 2 is 1.72 bits per heavy atom. The number of thioether (sulfide) groups is 1. The molecule has 2 rings (SSSR count). The molecule has 1 aliphatic heterocycles. The summed E-state index contributed by atoms with van der Waals surface area (Å²) in [6.45, 7) is 1.36. The number of ether oxygens (including phenoxy) is 2. The molecule has 1 atom stereocenters. The summed E-state index contributed by atoms with van der Waals surface area (Å²) in [7, 11) is -2.60. The van der Waals surface area contributed by atoms with Crippen molar-refractivity contribution in [1.29, 1.82) is 0 Å². The molecule has 1 aromatic rings. The molecule has 1 aromatic carbocycles. The highest BCUT2D eigenvalue weighted by Gasteiger charge is 2.18. The van der Waals surface area contributed by atoms with Crippen molar-refractivity contribution in [3.05, 3.63) is 60.2 Å². The second-order valence-corrected chi connectivity index (χ2v) is 7.50. The van der Waals surface area contributed by atoms with E-state index in [0.29, 0.717) is 18.5 Å². The monoisotopic (exact) mass is 388 g/mol. The normalized spacial score (nSPS) is 22.9. The van der Waals surface area contributed by atoms with Crippen molar-refractivity contribution in [1.82, 2.24) is 0 Å². The lowest BCUT2D eigenvalue weighted by atomic mass is 10.2. The van der Waals surface area contributed by atoms with Crippen LogP contribution in [0.25, 0.3) is 6.08 Å². The molecule has 1 aliphatic rings. The Morgan fingerprint density at radius 1 is 1.08 bits per heavy atom. The van der Waals surface area contributed by atoms with E-state index in [0.717, 1.165) is 5.56 Å². The molecule has 136 valence electrons. The van der Waals surface area contributed by atoms with Crippen LogP contribution in [-0.2, 0) is 9.47 Å². The van der Waals surface area contributed by atoms with Crippen LogP contribution in [0.15, 0.2) is 59.5 Å². The van der Waals surface area contributed by atoms with E-state index in [9.17, 15) is 12.7 Å². The van der Waals surface area contributed by atoms with E-state index in [1.165, 1.54) is 12.1 Å². The molecule has 0 amide bonds. The van der Waals surface area contributed by atoms with Crippen LogP contribution in [0, 0.1) is 0 Å². The average molecular weight is 388 g/mol. The molecule has 25 heavy (non-hydrogen) atoms. The van der Waals surface area contributed by atoms with Crippen molar-refractivity contribution >= 4 is 34.1 Å². The topological polar surface area (TPSA) is 18.5 Å². The SMILES string of the molecule is CSC1COC(C=CC=CC=Cc2ccc(S(F)=C(F)F)cc2)OC1. The minimum Gasteiger partial charge on any atom is -0.348 e. The zero-order valence-electron chi connectivity index (χ0n) is 13.6. The minimum absolute atomic E-state index is 0.0215. The van der Waals surface area contributed by atoms with E-state index in [4.69, 9.17) is 9.47 Å². The summed E-state index contributed by atoms with van der Waals surface area (Å²) >= 11 is 1.73. The molecular weight excluding hydrogens is 369 g/mol. The van der Waals surface area contributed by atoms with Crippen LogP contribution in [0.2, 0.25) is 0 Å². The van der Waals surface area contributed by atoms with Gasteiger partial charge in [-0.05, 0) is 30.0 Å². The minimum atomic E-state index is -2.60. The van der Waals surface area contributed by atoms with Crippen LogP contribution >= 0.6 is 22.6 Å². The van der Waals surface area contributed by atoms with E-state index >= 15 is 0 Å². The maximum absolute atomic E-state index is 13.2. The number of halogens is 3. The summed E-state index contributed by atoms with van der Waals surface area (Å²) in [6.07, 6.45) is 12.7. The van der Waals surface area contributed by atoms with Gasteiger partial charge in [0.1, 0.15) is 0 Å². The second-order valence-electron chi connectivity index (χ2n) is 5.07. The Bertz CT molecular complexity index is 657. The molecule has 1 saturated heterocycles. The highest BCUT2D eigenvalue weighted by atomic mass is 32.2. The van der Waals surface area contributed by atoms with Gasteiger partial charge < -0.3 is 9.47 Å². The standard InChI is InChI=1S/C18H19F3O2S2/c1-24-15-12-22-17(23-13-15)7-5-3-2-4-6-14-8-10-16(11-9-14)25(21)18(19)20/h2-11,15,17H,12-13H2,1H3. The first kappa shape index (κ1) is 20.0. The van der Waals surface area contributed by atoms with E-state index in [-0.39, 0.29) is 11.2 Å². The Morgan fingerprint density at radius 3 is 2.32 bits per heavy atom. The number of allylic oxidation sites excluding steroid dienone is 4. The number of hydrogen-bond donors (Lipinski definition) is 0. The lowest BCUT2D eigenvalue weighted by molar-refractivity contribution is -0.146. The van der Waals surface area contributed by atoms with Crippen molar-refractivity contribution in [3.8, 4) is 0 Å². The molecule has 0 aliphatic carbocycles. The van der Waals surface area contributed by atoms with Crippen molar-refractivity contribution in [2.75, 3.05) is 19.5 Å². The molecule has 2 nitrogen and oxygen atoms in total. The van der Waals surface area contributed by atoms with Crippen molar-refractivity contribution in [2.45, 2.75) is 16.4 Å². The van der Waals surface area contributed by atoms with E-state index < -0.39 is 16.2 Å². The summed E-state index contributed by atoms with van der Waals surface area (Å²) in [5, 5.41) is -1.81. The van der Waals surface area contributed by atoms with Crippen molar-refractivity contribution in [3.63, 3.8) is 0 Å². The smallest absolute Gasteiger partial charge is 0.328 e. The number of hydrogen-bond acceptors (Lipinski definition) is 3. The van der Waals surface area contributed by atoms with Gasteiger partial charge in [0, 0.05) is 4.90 Å². The van der Waals surface area contributed by atoms with Crippen LogP contribution in [-0.4, -0.2) is 36.4 Å². The quantitative estimate of drug-likeness (QED) is 0.366. The third-order valence-electron chi connectivity index (χ3n) is 3.34. The Hall–Kier alpha value is -1.28. The van der Waals surface area contributed by atoms with E-state index in [2.05, 4.69) is 0 Å². The molecule has 1 heterocycles. The predicted molar refractivity (Wildman–Crippen MR) is 101 cm³/mol.